The lowest BCUT2D eigenvalue weighted by molar-refractivity contribution is 0.428. The van der Waals surface area contributed by atoms with E-state index in [0.29, 0.717) is 11.4 Å². The average Bonchev–Trinajstić information content (AvgIpc) is 2.91. The molecule has 23 heavy (non-hydrogen) atoms. The summed E-state index contributed by atoms with van der Waals surface area (Å²) in [5.41, 5.74) is 0.826. The first-order valence-electron chi connectivity index (χ1n) is 7.90. The van der Waals surface area contributed by atoms with Gasteiger partial charge in [0.2, 0.25) is 10.0 Å². The third-order valence-corrected chi connectivity index (χ3v) is 6.89. The minimum Gasteiger partial charge on any atom is -0.315 e. The van der Waals surface area contributed by atoms with E-state index in [9.17, 15) is 8.42 Å². The summed E-state index contributed by atoms with van der Waals surface area (Å²) in [4.78, 5) is 4.94. The van der Waals surface area contributed by atoms with E-state index in [1.165, 1.54) is 0 Å². The molecule has 0 radical (unpaired) electrons. The number of nitrogens with zero attached hydrogens (tertiary/aromatic N) is 1. The van der Waals surface area contributed by atoms with Gasteiger partial charge >= 0.3 is 0 Å². The van der Waals surface area contributed by atoms with Crippen molar-refractivity contribution in [1.82, 2.24) is 15.0 Å². The first kappa shape index (κ1) is 16.8. The van der Waals surface area contributed by atoms with Crippen molar-refractivity contribution in [2.24, 2.45) is 0 Å². The average molecular weight is 354 g/mol. The number of hydrogen-bond donors (Lipinski definition) is 2. The van der Waals surface area contributed by atoms with Crippen molar-refractivity contribution in [2.75, 3.05) is 13.1 Å². The van der Waals surface area contributed by atoms with Gasteiger partial charge in [0.05, 0.1) is 20.1 Å². The molecule has 1 aliphatic rings. The van der Waals surface area contributed by atoms with E-state index in [-0.39, 0.29) is 11.5 Å². The molecule has 0 amide bonds. The third-order valence-electron chi connectivity index (χ3n) is 3.93. The molecule has 1 aromatic heterocycles. The number of fused-ring (bicyclic) bond motifs is 1. The molecule has 1 atom stereocenters. The molecule has 3 rings (SSSR count). The van der Waals surface area contributed by atoms with E-state index >= 15 is 0 Å². The van der Waals surface area contributed by atoms with E-state index in [2.05, 4.69) is 35.8 Å². The van der Waals surface area contributed by atoms with Crippen molar-refractivity contribution in [3.05, 3.63) is 23.2 Å². The lowest BCUT2D eigenvalue weighted by Crippen LogP contribution is -2.45. The summed E-state index contributed by atoms with van der Waals surface area (Å²) in [6.07, 6.45) is 1.87. The third kappa shape index (κ3) is 3.74. The maximum atomic E-state index is 12.6. The molecule has 7 heteroatoms. The fourth-order valence-corrected chi connectivity index (χ4v) is 5.07. The van der Waals surface area contributed by atoms with Crippen LogP contribution in [0.15, 0.2) is 23.1 Å². The van der Waals surface area contributed by atoms with Crippen molar-refractivity contribution >= 4 is 31.6 Å². The minimum absolute atomic E-state index is 0.0314. The van der Waals surface area contributed by atoms with Crippen molar-refractivity contribution in [3.8, 4) is 0 Å². The highest BCUT2D eigenvalue weighted by Crippen LogP contribution is 2.32. The maximum Gasteiger partial charge on any atom is 0.240 e. The summed E-state index contributed by atoms with van der Waals surface area (Å²) in [5, 5.41) is 4.24. The number of hydrogen-bond acceptors (Lipinski definition) is 5. The van der Waals surface area contributed by atoms with Gasteiger partial charge in [-0.2, -0.15) is 0 Å². The summed E-state index contributed by atoms with van der Waals surface area (Å²) in [7, 11) is -3.49. The summed E-state index contributed by atoms with van der Waals surface area (Å²) in [6, 6.07) is 5.15. The Labute approximate surface area is 141 Å². The number of nitrogens with one attached hydrogen (secondary N) is 2. The highest BCUT2D eigenvalue weighted by atomic mass is 32.2. The molecule has 0 aliphatic carbocycles. The topological polar surface area (TPSA) is 71.1 Å². The van der Waals surface area contributed by atoms with Crippen molar-refractivity contribution < 1.29 is 8.42 Å². The van der Waals surface area contributed by atoms with Crippen molar-refractivity contribution in [3.63, 3.8) is 0 Å². The Hall–Kier alpha value is -1.02. The Balaban J connectivity index is 1.89. The van der Waals surface area contributed by atoms with Gasteiger partial charge in [0.25, 0.3) is 0 Å². The number of rotatable bonds is 3. The van der Waals surface area contributed by atoms with Crippen LogP contribution in [0, 0.1) is 0 Å². The maximum absolute atomic E-state index is 12.6. The molecule has 0 saturated carbocycles. The SMILES string of the molecule is CC(C)(C)c1nc2ccc(S(=O)(=O)NC3CCCNC3)cc2s1. The second-order valence-corrected chi connectivity index (χ2v) is 9.81. The molecule has 1 saturated heterocycles. The standard InChI is InChI=1S/C16H23N3O2S2/c1-16(2,3)15-18-13-7-6-12(9-14(13)22-15)23(20,21)19-11-5-4-8-17-10-11/h6-7,9,11,17,19H,4-5,8,10H2,1-3H3. The van der Waals surface area contributed by atoms with Crippen LogP contribution >= 0.6 is 11.3 Å². The van der Waals surface area contributed by atoms with Gasteiger partial charge in [-0.3, -0.25) is 0 Å². The van der Waals surface area contributed by atoms with Crippen LogP contribution in [0.3, 0.4) is 0 Å². The van der Waals surface area contributed by atoms with Crippen LogP contribution < -0.4 is 10.0 Å². The number of aromatic nitrogens is 1. The fourth-order valence-electron chi connectivity index (χ4n) is 2.63. The van der Waals surface area contributed by atoms with Crippen molar-refractivity contribution in [2.45, 2.75) is 50.0 Å². The number of benzene rings is 1. The van der Waals surface area contributed by atoms with Crippen LogP contribution in [0.4, 0.5) is 0 Å². The summed E-state index contributed by atoms with van der Waals surface area (Å²) in [5.74, 6) is 0. The number of sulfonamides is 1. The largest absolute Gasteiger partial charge is 0.315 e. The van der Waals surface area contributed by atoms with E-state index in [0.717, 1.165) is 34.6 Å². The summed E-state index contributed by atoms with van der Waals surface area (Å²) >= 11 is 1.56. The van der Waals surface area contributed by atoms with Crippen LogP contribution in [-0.2, 0) is 15.4 Å². The predicted molar refractivity (Wildman–Crippen MR) is 94.5 cm³/mol. The van der Waals surface area contributed by atoms with Gasteiger partial charge in [-0.1, -0.05) is 20.8 Å². The van der Waals surface area contributed by atoms with Gasteiger partial charge in [0.15, 0.2) is 0 Å². The monoisotopic (exact) mass is 353 g/mol. The first-order valence-corrected chi connectivity index (χ1v) is 10.2. The molecule has 1 aromatic carbocycles. The van der Waals surface area contributed by atoms with Crippen LogP contribution in [0.2, 0.25) is 0 Å². The molecule has 5 nitrogen and oxygen atoms in total. The lowest BCUT2D eigenvalue weighted by Gasteiger charge is -2.23. The highest BCUT2D eigenvalue weighted by molar-refractivity contribution is 7.89. The fraction of sp³-hybridized carbons (Fsp3) is 0.562. The Morgan fingerprint density at radius 3 is 2.78 bits per heavy atom. The molecular weight excluding hydrogens is 330 g/mol. The van der Waals surface area contributed by atoms with Crippen LogP contribution in [0.1, 0.15) is 38.6 Å². The molecule has 2 N–H and O–H groups in total. The van der Waals surface area contributed by atoms with Gasteiger partial charge in [-0.05, 0) is 37.6 Å². The smallest absolute Gasteiger partial charge is 0.240 e. The molecule has 1 unspecified atom stereocenters. The zero-order valence-corrected chi connectivity index (χ0v) is 15.4. The molecule has 1 fully saturated rings. The van der Waals surface area contributed by atoms with E-state index in [1.807, 2.05) is 0 Å². The second-order valence-electron chi connectivity index (χ2n) is 7.06. The molecular formula is C16H23N3O2S2. The quantitative estimate of drug-likeness (QED) is 0.890. The molecule has 126 valence electrons. The van der Waals surface area contributed by atoms with E-state index in [1.54, 1.807) is 29.5 Å². The van der Waals surface area contributed by atoms with Crippen LogP contribution in [0.25, 0.3) is 10.2 Å². The lowest BCUT2D eigenvalue weighted by atomic mass is 9.98. The van der Waals surface area contributed by atoms with Gasteiger partial charge in [-0.25, -0.2) is 18.1 Å². The number of piperidine rings is 1. The minimum atomic E-state index is -3.49. The van der Waals surface area contributed by atoms with Crippen LogP contribution in [-0.4, -0.2) is 32.5 Å². The Kier molecular flexibility index (Phi) is 4.48. The number of thiazole rings is 1. The summed E-state index contributed by atoms with van der Waals surface area (Å²) < 4.78 is 28.9. The molecule has 1 aliphatic heterocycles. The van der Waals surface area contributed by atoms with Gasteiger partial charge in [0.1, 0.15) is 0 Å². The Bertz CT molecular complexity index is 800. The van der Waals surface area contributed by atoms with Gasteiger partial charge in [0, 0.05) is 18.0 Å². The zero-order chi connectivity index (χ0) is 16.7. The van der Waals surface area contributed by atoms with E-state index < -0.39 is 10.0 Å². The normalized spacial score (nSPS) is 20.0. The van der Waals surface area contributed by atoms with Crippen LogP contribution in [0.5, 0.6) is 0 Å². The first-order chi connectivity index (χ1) is 10.8. The van der Waals surface area contributed by atoms with Gasteiger partial charge in [-0.15, -0.1) is 11.3 Å². The van der Waals surface area contributed by atoms with Gasteiger partial charge < -0.3 is 5.32 Å². The van der Waals surface area contributed by atoms with E-state index in [4.69, 9.17) is 0 Å². The van der Waals surface area contributed by atoms with Crippen molar-refractivity contribution in [1.29, 1.82) is 0 Å². The molecule has 0 spiro atoms. The molecule has 2 aromatic rings. The second kappa shape index (κ2) is 6.12. The predicted octanol–water partition coefficient (Wildman–Crippen LogP) is 2.62. The Morgan fingerprint density at radius 2 is 2.13 bits per heavy atom. The summed E-state index contributed by atoms with van der Waals surface area (Å²) in [6.45, 7) is 7.98. The molecule has 2 heterocycles. The highest BCUT2D eigenvalue weighted by Gasteiger charge is 2.23. The molecule has 0 bridgehead atoms. The zero-order valence-electron chi connectivity index (χ0n) is 13.7. The Morgan fingerprint density at radius 1 is 1.35 bits per heavy atom.